The zero-order valence-corrected chi connectivity index (χ0v) is 10.7. The van der Waals surface area contributed by atoms with Crippen molar-refractivity contribution >= 4 is 33.4 Å². The molecule has 19 heavy (non-hydrogen) atoms. The molecule has 2 heterocycles. The molecule has 100 valence electrons. The molecule has 0 bridgehead atoms. The molecule has 10 heteroatoms. The number of carbonyl (C=O) groups is 1. The van der Waals surface area contributed by atoms with E-state index in [0.717, 1.165) is 6.20 Å². The van der Waals surface area contributed by atoms with Crippen molar-refractivity contribution in [1.82, 2.24) is 15.2 Å². The van der Waals surface area contributed by atoms with Gasteiger partial charge in [0.05, 0.1) is 11.2 Å². The van der Waals surface area contributed by atoms with E-state index in [2.05, 4.69) is 19.9 Å². The highest BCUT2D eigenvalue weighted by Crippen LogP contribution is 2.22. The number of aromatic nitrogens is 3. The lowest BCUT2D eigenvalue weighted by Crippen LogP contribution is -2.17. The molecule has 0 aliphatic carbocycles. The van der Waals surface area contributed by atoms with Crippen molar-refractivity contribution in [3.05, 3.63) is 35.1 Å². The average Bonchev–Trinajstić information content (AvgIpc) is 2.82. The van der Waals surface area contributed by atoms with Crippen LogP contribution in [0.4, 0.5) is 5.82 Å². The van der Waals surface area contributed by atoms with Gasteiger partial charge in [-0.05, 0) is 12.1 Å². The van der Waals surface area contributed by atoms with Crippen molar-refractivity contribution in [1.29, 1.82) is 0 Å². The molecule has 2 aromatic rings. The zero-order valence-electron chi connectivity index (χ0n) is 9.16. The smallest absolute Gasteiger partial charge is 0.340 e. The Kier molecular flexibility index (Phi) is 3.40. The third kappa shape index (κ3) is 2.66. The molecule has 3 N–H and O–H groups in total. The van der Waals surface area contributed by atoms with Crippen molar-refractivity contribution < 1.29 is 18.3 Å². The largest absolute Gasteiger partial charge is 0.478 e. The normalized spacial score (nSPS) is 11.2. The predicted molar refractivity (Wildman–Crippen MR) is 65.6 cm³/mol. The van der Waals surface area contributed by atoms with Gasteiger partial charge in [-0.15, -0.1) is 0 Å². The summed E-state index contributed by atoms with van der Waals surface area (Å²) < 4.78 is 26.1. The Bertz CT molecular complexity index is 727. The Morgan fingerprint density at radius 2 is 2.21 bits per heavy atom. The first kappa shape index (κ1) is 13.3. The highest BCUT2D eigenvalue weighted by atomic mass is 35.5. The first-order valence-electron chi connectivity index (χ1n) is 4.82. The van der Waals surface area contributed by atoms with Gasteiger partial charge in [-0.2, -0.15) is 13.5 Å². The minimum atomic E-state index is -4.16. The Morgan fingerprint density at radius 3 is 2.84 bits per heavy atom. The van der Waals surface area contributed by atoms with Crippen LogP contribution in [0.25, 0.3) is 0 Å². The molecule has 0 unspecified atom stereocenters. The van der Waals surface area contributed by atoms with Crippen LogP contribution in [-0.2, 0) is 10.0 Å². The van der Waals surface area contributed by atoms with Crippen LogP contribution >= 0.6 is 11.6 Å². The molecular formula is C9H7ClN4O4S. The standard InChI is InChI=1S/C9H7ClN4O4S/c10-6-2-1-3-11-7(6)14-19(17,18)8-5(9(15)16)4-12-13-8/h1-4H,(H,11,14)(H,12,13)(H,15,16). The van der Waals surface area contributed by atoms with E-state index in [9.17, 15) is 13.2 Å². The number of nitrogens with zero attached hydrogens (tertiary/aromatic N) is 2. The minimum Gasteiger partial charge on any atom is -0.478 e. The molecule has 0 fully saturated rings. The van der Waals surface area contributed by atoms with Crippen LogP contribution in [0, 0.1) is 0 Å². The molecule has 0 radical (unpaired) electrons. The first-order valence-corrected chi connectivity index (χ1v) is 6.68. The molecule has 0 saturated carbocycles. The number of halogens is 1. The summed E-state index contributed by atoms with van der Waals surface area (Å²) in [6.07, 6.45) is 2.24. The number of nitrogens with one attached hydrogen (secondary N) is 2. The van der Waals surface area contributed by atoms with Crippen molar-refractivity contribution in [2.45, 2.75) is 5.03 Å². The summed E-state index contributed by atoms with van der Waals surface area (Å²) in [6, 6.07) is 2.97. The lowest BCUT2D eigenvalue weighted by molar-refractivity contribution is 0.0692. The van der Waals surface area contributed by atoms with Crippen molar-refractivity contribution in [3.63, 3.8) is 0 Å². The van der Waals surface area contributed by atoms with Gasteiger partial charge >= 0.3 is 5.97 Å². The Labute approximate surface area is 112 Å². The molecule has 0 aliphatic rings. The van der Waals surface area contributed by atoms with Crippen LogP contribution in [0.5, 0.6) is 0 Å². The van der Waals surface area contributed by atoms with Gasteiger partial charge in [0.2, 0.25) is 0 Å². The maximum absolute atomic E-state index is 12.0. The van der Waals surface area contributed by atoms with E-state index in [1.54, 1.807) is 0 Å². The summed E-state index contributed by atoms with van der Waals surface area (Å²) in [7, 11) is -4.16. The fourth-order valence-electron chi connectivity index (χ4n) is 1.27. The number of aromatic carboxylic acids is 1. The van der Waals surface area contributed by atoms with Crippen molar-refractivity contribution in [3.8, 4) is 0 Å². The van der Waals surface area contributed by atoms with Crippen LogP contribution in [0.15, 0.2) is 29.6 Å². The van der Waals surface area contributed by atoms with Crippen molar-refractivity contribution in [2.24, 2.45) is 0 Å². The molecule has 0 aromatic carbocycles. The third-order valence-electron chi connectivity index (χ3n) is 2.09. The average molecular weight is 303 g/mol. The Morgan fingerprint density at radius 1 is 1.47 bits per heavy atom. The van der Waals surface area contributed by atoms with Gasteiger partial charge in [-0.25, -0.2) is 9.78 Å². The second kappa shape index (κ2) is 4.86. The van der Waals surface area contributed by atoms with E-state index in [4.69, 9.17) is 16.7 Å². The topological polar surface area (TPSA) is 125 Å². The Hall–Kier alpha value is -2.13. The van der Waals surface area contributed by atoms with Crippen LogP contribution in [0.3, 0.4) is 0 Å². The summed E-state index contributed by atoms with van der Waals surface area (Å²) in [6.45, 7) is 0. The number of carboxylic acids is 1. The Balaban J connectivity index is 2.41. The number of carboxylic acid groups (broad SMARTS) is 1. The highest BCUT2D eigenvalue weighted by Gasteiger charge is 2.25. The minimum absolute atomic E-state index is 0.0856. The summed E-state index contributed by atoms with van der Waals surface area (Å²) in [5.74, 6) is -1.52. The lowest BCUT2D eigenvalue weighted by Gasteiger charge is -2.07. The SMILES string of the molecule is O=C(O)c1cn[nH]c1S(=O)(=O)Nc1ncccc1Cl. The van der Waals surface area contributed by atoms with Crippen molar-refractivity contribution in [2.75, 3.05) is 4.72 Å². The number of hydrogen-bond donors (Lipinski definition) is 3. The van der Waals surface area contributed by atoms with Gasteiger partial charge in [0, 0.05) is 6.20 Å². The predicted octanol–water partition coefficient (Wildman–Crippen LogP) is 0.957. The van der Waals surface area contributed by atoms with Crippen LogP contribution in [-0.4, -0.2) is 34.7 Å². The van der Waals surface area contributed by atoms with E-state index in [1.807, 2.05) is 0 Å². The number of H-pyrrole nitrogens is 1. The molecule has 0 spiro atoms. The van der Waals surface area contributed by atoms with Gasteiger partial charge in [0.1, 0.15) is 5.56 Å². The van der Waals surface area contributed by atoms with Gasteiger partial charge < -0.3 is 5.11 Å². The van der Waals surface area contributed by atoms with Crippen LogP contribution < -0.4 is 4.72 Å². The number of aromatic amines is 1. The van der Waals surface area contributed by atoms with Gasteiger partial charge in [-0.3, -0.25) is 9.82 Å². The number of sulfonamides is 1. The molecule has 0 atom stereocenters. The van der Waals surface area contributed by atoms with E-state index in [-0.39, 0.29) is 10.8 Å². The van der Waals surface area contributed by atoms with E-state index in [1.165, 1.54) is 18.3 Å². The van der Waals surface area contributed by atoms with E-state index >= 15 is 0 Å². The molecule has 0 aliphatic heterocycles. The third-order valence-corrected chi connectivity index (χ3v) is 3.71. The first-order chi connectivity index (χ1) is 8.92. The summed E-state index contributed by atoms with van der Waals surface area (Å²) >= 11 is 5.76. The maximum atomic E-state index is 12.0. The monoisotopic (exact) mass is 302 g/mol. The molecular weight excluding hydrogens is 296 g/mol. The van der Waals surface area contributed by atoms with E-state index in [0.29, 0.717) is 0 Å². The fraction of sp³-hybridized carbons (Fsp3) is 0. The second-order valence-corrected chi connectivity index (χ2v) is 5.38. The summed E-state index contributed by atoms with van der Waals surface area (Å²) in [5, 5.41) is 13.9. The van der Waals surface area contributed by atoms with Crippen LogP contribution in [0.1, 0.15) is 10.4 Å². The maximum Gasteiger partial charge on any atom is 0.340 e. The summed E-state index contributed by atoms with van der Waals surface area (Å²) in [4.78, 5) is 14.6. The number of pyridine rings is 1. The van der Waals surface area contributed by atoms with E-state index < -0.39 is 26.6 Å². The quantitative estimate of drug-likeness (QED) is 0.772. The van der Waals surface area contributed by atoms with Gasteiger partial charge in [0.15, 0.2) is 10.8 Å². The number of anilines is 1. The van der Waals surface area contributed by atoms with Gasteiger partial charge in [-0.1, -0.05) is 11.6 Å². The molecule has 2 aromatic heterocycles. The molecule has 0 amide bonds. The molecule has 8 nitrogen and oxygen atoms in total. The molecule has 0 saturated heterocycles. The fourth-order valence-corrected chi connectivity index (χ4v) is 2.62. The summed E-state index contributed by atoms with van der Waals surface area (Å²) in [5.41, 5.74) is -0.473. The number of hydrogen-bond acceptors (Lipinski definition) is 5. The molecule has 2 rings (SSSR count). The van der Waals surface area contributed by atoms with Gasteiger partial charge in [0.25, 0.3) is 10.0 Å². The number of rotatable bonds is 4. The highest BCUT2D eigenvalue weighted by molar-refractivity contribution is 7.92. The zero-order chi connectivity index (χ0) is 14.0. The van der Waals surface area contributed by atoms with Crippen LogP contribution in [0.2, 0.25) is 5.02 Å². The lowest BCUT2D eigenvalue weighted by atomic mass is 10.4. The second-order valence-electron chi connectivity index (χ2n) is 3.36.